The maximum absolute atomic E-state index is 12.9. The highest BCUT2D eigenvalue weighted by Crippen LogP contribution is 2.35. The standard InChI is InChI=1S/C22H16Cl2N2O4/c1-3-9-30-19-17(23)11-14(12-18(19)24)10-16-20(27)25-22(29)26(21(16)28)15-7-5-13(4-2)6-8-15/h1,5-8,10-12H,4,9H2,2H3,(H,25,27,29). The summed E-state index contributed by atoms with van der Waals surface area (Å²) < 4.78 is 5.29. The van der Waals surface area contributed by atoms with Crippen LogP contribution in [0.4, 0.5) is 10.5 Å². The number of terminal acetylenes is 1. The maximum Gasteiger partial charge on any atom is 0.335 e. The monoisotopic (exact) mass is 442 g/mol. The molecule has 1 aliphatic heterocycles. The first-order valence-corrected chi connectivity index (χ1v) is 9.67. The summed E-state index contributed by atoms with van der Waals surface area (Å²) in [6.07, 6.45) is 7.28. The molecule has 0 radical (unpaired) electrons. The fraction of sp³-hybridized carbons (Fsp3) is 0.136. The summed E-state index contributed by atoms with van der Waals surface area (Å²) in [5.41, 5.74) is 1.54. The molecule has 0 unspecified atom stereocenters. The van der Waals surface area contributed by atoms with Gasteiger partial charge < -0.3 is 4.74 Å². The molecule has 152 valence electrons. The number of benzene rings is 2. The van der Waals surface area contributed by atoms with E-state index in [1.165, 1.54) is 18.2 Å². The number of hydrogen-bond donors (Lipinski definition) is 1. The van der Waals surface area contributed by atoms with Crippen molar-refractivity contribution in [2.75, 3.05) is 11.5 Å². The summed E-state index contributed by atoms with van der Waals surface area (Å²) in [5.74, 6) is 0.937. The van der Waals surface area contributed by atoms with Gasteiger partial charge in [-0.1, -0.05) is 48.2 Å². The van der Waals surface area contributed by atoms with Crippen molar-refractivity contribution in [1.29, 1.82) is 0 Å². The van der Waals surface area contributed by atoms with E-state index in [0.717, 1.165) is 16.9 Å². The van der Waals surface area contributed by atoms with Crippen LogP contribution in [0.25, 0.3) is 6.08 Å². The third kappa shape index (κ3) is 4.33. The predicted molar refractivity (Wildman–Crippen MR) is 116 cm³/mol. The van der Waals surface area contributed by atoms with Crippen molar-refractivity contribution < 1.29 is 19.1 Å². The summed E-state index contributed by atoms with van der Waals surface area (Å²) >= 11 is 12.4. The molecule has 4 amide bonds. The average molecular weight is 443 g/mol. The van der Waals surface area contributed by atoms with Crippen LogP contribution in [0, 0.1) is 12.3 Å². The minimum Gasteiger partial charge on any atom is -0.478 e. The van der Waals surface area contributed by atoms with E-state index in [9.17, 15) is 14.4 Å². The van der Waals surface area contributed by atoms with Crippen LogP contribution in [0.1, 0.15) is 18.1 Å². The molecule has 2 aromatic rings. The summed E-state index contributed by atoms with van der Waals surface area (Å²) in [6, 6.07) is 9.05. The van der Waals surface area contributed by atoms with Gasteiger partial charge in [0.25, 0.3) is 11.8 Å². The average Bonchev–Trinajstić information content (AvgIpc) is 2.71. The fourth-order valence-electron chi connectivity index (χ4n) is 2.85. The van der Waals surface area contributed by atoms with Crippen LogP contribution in [0.3, 0.4) is 0 Å². The Kier molecular flexibility index (Phi) is 6.46. The second-order valence-corrected chi connectivity index (χ2v) is 7.10. The molecule has 1 heterocycles. The lowest BCUT2D eigenvalue weighted by Crippen LogP contribution is -2.54. The zero-order valence-corrected chi connectivity index (χ0v) is 17.4. The number of anilines is 1. The molecule has 2 aromatic carbocycles. The molecule has 0 bridgehead atoms. The normalized spacial score (nSPS) is 15.2. The molecule has 0 aliphatic carbocycles. The van der Waals surface area contributed by atoms with E-state index < -0.39 is 17.8 Å². The van der Waals surface area contributed by atoms with Crippen molar-refractivity contribution >= 4 is 52.8 Å². The number of imide groups is 2. The van der Waals surface area contributed by atoms with Crippen LogP contribution in [0.5, 0.6) is 5.75 Å². The molecule has 6 nitrogen and oxygen atoms in total. The molecule has 3 rings (SSSR count). The van der Waals surface area contributed by atoms with Gasteiger partial charge in [0.15, 0.2) is 5.75 Å². The number of barbiturate groups is 1. The Morgan fingerprint density at radius 3 is 2.33 bits per heavy atom. The smallest absolute Gasteiger partial charge is 0.335 e. The van der Waals surface area contributed by atoms with Gasteiger partial charge in [0.2, 0.25) is 0 Å². The van der Waals surface area contributed by atoms with Gasteiger partial charge in [0.1, 0.15) is 12.2 Å². The second kappa shape index (κ2) is 9.04. The quantitative estimate of drug-likeness (QED) is 0.426. The molecule has 8 heteroatoms. The van der Waals surface area contributed by atoms with Crippen LogP contribution in [-0.4, -0.2) is 24.5 Å². The first-order valence-electron chi connectivity index (χ1n) is 8.91. The second-order valence-electron chi connectivity index (χ2n) is 6.28. The summed E-state index contributed by atoms with van der Waals surface area (Å²) in [4.78, 5) is 38.5. The number of amides is 4. The minimum absolute atomic E-state index is 0.0192. The van der Waals surface area contributed by atoms with Crippen molar-refractivity contribution in [2.45, 2.75) is 13.3 Å². The molecule has 0 atom stereocenters. The molecule has 0 saturated carbocycles. The summed E-state index contributed by atoms with van der Waals surface area (Å²) in [5, 5.41) is 2.50. The summed E-state index contributed by atoms with van der Waals surface area (Å²) in [6.45, 7) is 1.97. The van der Waals surface area contributed by atoms with Crippen LogP contribution in [0.2, 0.25) is 10.0 Å². The molecule has 1 N–H and O–H groups in total. The van der Waals surface area contributed by atoms with Crippen molar-refractivity contribution in [1.82, 2.24) is 5.32 Å². The minimum atomic E-state index is -0.819. The number of urea groups is 1. The van der Waals surface area contributed by atoms with E-state index in [4.69, 9.17) is 34.4 Å². The number of nitrogens with zero attached hydrogens (tertiary/aromatic N) is 1. The Morgan fingerprint density at radius 2 is 1.77 bits per heavy atom. The molecular weight excluding hydrogens is 427 g/mol. The van der Waals surface area contributed by atoms with Crippen LogP contribution >= 0.6 is 23.2 Å². The maximum atomic E-state index is 12.9. The highest BCUT2D eigenvalue weighted by atomic mass is 35.5. The van der Waals surface area contributed by atoms with Gasteiger partial charge in [-0.05, 0) is 47.9 Å². The number of ether oxygens (including phenoxy) is 1. The third-order valence-electron chi connectivity index (χ3n) is 4.34. The summed E-state index contributed by atoms with van der Waals surface area (Å²) in [7, 11) is 0. The molecule has 1 saturated heterocycles. The number of nitrogens with one attached hydrogen (secondary N) is 1. The van der Waals surface area contributed by atoms with E-state index in [-0.39, 0.29) is 28.0 Å². The lowest BCUT2D eigenvalue weighted by Gasteiger charge is -2.26. The molecule has 1 fully saturated rings. The van der Waals surface area contributed by atoms with Crippen molar-refractivity contribution in [3.8, 4) is 18.1 Å². The SMILES string of the molecule is C#CCOc1c(Cl)cc(C=C2C(=O)NC(=O)N(c3ccc(CC)cc3)C2=O)cc1Cl. The van der Waals surface area contributed by atoms with Crippen LogP contribution < -0.4 is 15.0 Å². The van der Waals surface area contributed by atoms with E-state index in [1.54, 1.807) is 12.1 Å². The van der Waals surface area contributed by atoms with Gasteiger partial charge >= 0.3 is 6.03 Å². The molecule has 0 spiro atoms. The third-order valence-corrected chi connectivity index (χ3v) is 4.90. The highest BCUT2D eigenvalue weighted by Gasteiger charge is 2.36. The molecule has 30 heavy (non-hydrogen) atoms. The highest BCUT2D eigenvalue weighted by molar-refractivity contribution is 6.40. The first kappa shape index (κ1) is 21.4. The van der Waals surface area contributed by atoms with Gasteiger partial charge in [-0.3, -0.25) is 14.9 Å². The van der Waals surface area contributed by atoms with Crippen molar-refractivity contribution in [2.24, 2.45) is 0 Å². The lowest BCUT2D eigenvalue weighted by atomic mass is 10.1. The van der Waals surface area contributed by atoms with Gasteiger partial charge in [-0.2, -0.15) is 0 Å². The van der Waals surface area contributed by atoms with Crippen LogP contribution in [0.15, 0.2) is 42.0 Å². The molecule has 0 aromatic heterocycles. The fourth-order valence-corrected chi connectivity index (χ4v) is 3.47. The first-order chi connectivity index (χ1) is 14.3. The Morgan fingerprint density at radius 1 is 1.13 bits per heavy atom. The van der Waals surface area contributed by atoms with Gasteiger partial charge in [0, 0.05) is 0 Å². The van der Waals surface area contributed by atoms with E-state index in [1.807, 2.05) is 19.1 Å². The van der Waals surface area contributed by atoms with E-state index in [0.29, 0.717) is 11.3 Å². The largest absolute Gasteiger partial charge is 0.478 e. The van der Waals surface area contributed by atoms with Gasteiger partial charge in [-0.25, -0.2) is 9.69 Å². The Bertz CT molecular complexity index is 1080. The van der Waals surface area contributed by atoms with Gasteiger partial charge in [0.05, 0.1) is 15.7 Å². The zero-order valence-electron chi connectivity index (χ0n) is 15.9. The molecule has 1 aliphatic rings. The predicted octanol–water partition coefficient (Wildman–Crippen LogP) is 4.23. The number of aryl methyl sites for hydroxylation is 1. The van der Waals surface area contributed by atoms with E-state index >= 15 is 0 Å². The Labute approximate surface area is 183 Å². The Hall–Kier alpha value is -3.27. The topological polar surface area (TPSA) is 75.7 Å². The van der Waals surface area contributed by atoms with E-state index in [2.05, 4.69) is 11.2 Å². The number of carbonyl (C=O) groups excluding carboxylic acids is 3. The Balaban J connectivity index is 1.97. The van der Waals surface area contributed by atoms with Crippen LogP contribution in [-0.2, 0) is 16.0 Å². The number of halogens is 2. The number of hydrogen-bond acceptors (Lipinski definition) is 4. The lowest BCUT2D eigenvalue weighted by molar-refractivity contribution is -0.122. The molecular formula is C22H16Cl2N2O4. The number of rotatable bonds is 5. The van der Waals surface area contributed by atoms with Gasteiger partial charge in [-0.15, -0.1) is 6.42 Å². The zero-order chi connectivity index (χ0) is 21.8. The number of carbonyl (C=O) groups is 3. The van der Waals surface area contributed by atoms with Crippen molar-refractivity contribution in [3.05, 3.63) is 63.1 Å². The van der Waals surface area contributed by atoms with Crippen molar-refractivity contribution in [3.63, 3.8) is 0 Å².